The summed E-state index contributed by atoms with van der Waals surface area (Å²) in [7, 11) is 0. The molecule has 0 atom stereocenters. The van der Waals surface area contributed by atoms with E-state index in [4.69, 9.17) is 4.74 Å². The molecule has 1 saturated heterocycles. The number of aromatic amines is 2. The smallest absolute Gasteiger partial charge is 0.155 e. The molecule has 2 aliphatic rings. The van der Waals surface area contributed by atoms with Crippen molar-refractivity contribution in [2.24, 2.45) is 0 Å². The van der Waals surface area contributed by atoms with Crippen LogP contribution in [0, 0.1) is 0 Å². The zero-order valence-electron chi connectivity index (χ0n) is 21.8. The van der Waals surface area contributed by atoms with E-state index in [2.05, 4.69) is 95.8 Å². The fourth-order valence-electron chi connectivity index (χ4n) is 5.85. The second-order valence-corrected chi connectivity index (χ2v) is 11.3. The van der Waals surface area contributed by atoms with Crippen molar-refractivity contribution in [2.75, 3.05) is 44.3 Å². The fraction of sp³-hybridized carbons (Fsp3) is 0.194. The number of hydrogen-bond donors (Lipinski definition) is 2. The normalized spacial score (nSPS) is 15.4. The molecule has 6 aromatic rings. The summed E-state index contributed by atoms with van der Waals surface area (Å²) in [6.45, 7) is 5.49. The maximum Gasteiger partial charge on any atom is 0.155 e. The van der Waals surface area contributed by atoms with Crippen LogP contribution in [0.5, 0.6) is 0 Å². The maximum atomic E-state index is 5.59. The van der Waals surface area contributed by atoms with Crippen LogP contribution in [0.4, 0.5) is 11.4 Å². The lowest BCUT2D eigenvalue weighted by molar-refractivity contribution is 0.0394. The lowest BCUT2D eigenvalue weighted by Crippen LogP contribution is -2.41. The van der Waals surface area contributed by atoms with Gasteiger partial charge in [-0.1, -0.05) is 36.0 Å². The van der Waals surface area contributed by atoms with Crippen LogP contribution in [0.3, 0.4) is 0 Å². The molecule has 0 aliphatic carbocycles. The van der Waals surface area contributed by atoms with Gasteiger partial charge in [0, 0.05) is 52.9 Å². The molecule has 1 fully saturated rings. The molecule has 0 amide bonds. The SMILES string of the molecule is c1cc(-c2ccc3c(c2)Sc2cc(-c4ccnc5[nH]ncc45)ccc2N3CCN2CCOCC2)c2cn[nH]c2c1. The van der Waals surface area contributed by atoms with E-state index >= 15 is 0 Å². The van der Waals surface area contributed by atoms with Gasteiger partial charge >= 0.3 is 0 Å². The number of H-pyrrole nitrogens is 2. The van der Waals surface area contributed by atoms with E-state index in [1.807, 2.05) is 30.4 Å². The van der Waals surface area contributed by atoms with Gasteiger partial charge in [-0.25, -0.2) is 4.98 Å². The first-order valence-corrected chi connectivity index (χ1v) is 14.4. The minimum atomic E-state index is 0.804. The Bertz CT molecular complexity index is 1730. The topological polar surface area (TPSA) is 86.0 Å². The lowest BCUT2D eigenvalue weighted by Gasteiger charge is -2.36. The van der Waals surface area contributed by atoms with Gasteiger partial charge in [0.1, 0.15) is 0 Å². The average molecular weight is 546 g/mol. The van der Waals surface area contributed by atoms with Crippen molar-refractivity contribution in [3.63, 3.8) is 0 Å². The number of nitrogens with zero attached hydrogens (tertiary/aromatic N) is 5. The number of ether oxygens (including phenoxy) is 1. The van der Waals surface area contributed by atoms with Crippen molar-refractivity contribution >= 4 is 45.1 Å². The second-order valence-electron chi connectivity index (χ2n) is 10.2. The van der Waals surface area contributed by atoms with E-state index in [-0.39, 0.29) is 0 Å². The van der Waals surface area contributed by atoms with E-state index in [0.29, 0.717) is 0 Å². The molecule has 8 nitrogen and oxygen atoms in total. The first-order valence-electron chi connectivity index (χ1n) is 13.6. The summed E-state index contributed by atoms with van der Waals surface area (Å²) in [5, 5.41) is 16.8. The number of morpholine rings is 1. The number of aromatic nitrogens is 5. The molecule has 9 heteroatoms. The van der Waals surface area contributed by atoms with E-state index in [1.54, 1.807) is 0 Å². The van der Waals surface area contributed by atoms with Crippen LogP contribution in [0.15, 0.2) is 89.0 Å². The summed E-state index contributed by atoms with van der Waals surface area (Å²) >= 11 is 1.84. The minimum Gasteiger partial charge on any atom is -0.379 e. The van der Waals surface area contributed by atoms with Crippen molar-refractivity contribution in [2.45, 2.75) is 9.79 Å². The average Bonchev–Trinajstić information content (AvgIpc) is 3.69. The monoisotopic (exact) mass is 545 g/mol. The van der Waals surface area contributed by atoms with Crippen LogP contribution in [-0.4, -0.2) is 69.7 Å². The maximum absolute atomic E-state index is 5.59. The van der Waals surface area contributed by atoms with Gasteiger partial charge < -0.3 is 9.64 Å². The molecule has 3 aromatic carbocycles. The number of pyridine rings is 1. The third kappa shape index (κ3) is 4.05. The molecule has 3 aromatic heterocycles. The largest absolute Gasteiger partial charge is 0.379 e. The van der Waals surface area contributed by atoms with Crippen LogP contribution in [0.1, 0.15) is 0 Å². The highest BCUT2D eigenvalue weighted by molar-refractivity contribution is 7.99. The van der Waals surface area contributed by atoms with Crippen molar-refractivity contribution in [1.29, 1.82) is 0 Å². The molecule has 5 heterocycles. The minimum absolute atomic E-state index is 0.804. The molecule has 2 N–H and O–H groups in total. The molecule has 0 unspecified atom stereocenters. The van der Waals surface area contributed by atoms with E-state index in [1.165, 1.54) is 32.3 Å². The Hall–Kier alpha value is -4.18. The molecule has 0 saturated carbocycles. The Kier molecular flexibility index (Phi) is 5.79. The van der Waals surface area contributed by atoms with Crippen molar-refractivity contribution in [3.8, 4) is 22.3 Å². The molecule has 8 rings (SSSR count). The molecule has 0 radical (unpaired) electrons. The van der Waals surface area contributed by atoms with E-state index < -0.39 is 0 Å². The highest BCUT2D eigenvalue weighted by Crippen LogP contribution is 2.50. The first-order chi connectivity index (χ1) is 19.8. The van der Waals surface area contributed by atoms with Crippen LogP contribution in [0.2, 0.25) is 0 Å². The summed E-state index contributed by atoms with van der Waals surface area (Å²) < 4.78 is 5.59. The standard InChI is InChI=1S/C31H27N7OS/c1-2-22(24-18-33-35-26(24)3-1)20-4-6-27-29(16-20)40-30-17-21(23-8-9-32-31-25(23)19-34-36-31)5-7-28(30)38(27)11-10-37-12-14-39-15-13-37/h1-9,16-19H,10-15H2,(H,33,35)(H,32,34,36). The Labute approximate surface area is 235 Å². The number of hydrogen-bond acceptors (Lipinski definition) is 7. The summed E-state index contributed by atoms with van der Waals surface area (Å²) in [6, 6.07) is 22.1. The van der Waals surface area contributed by atoms with Gasteiger partial charge in [-0.05, 0) is 58.7 Å². The lowest BCUT2D eigenvalue weighted by atomic mass is 10.0. The first kappa shape index (κ1) is 23.7. The number of nitrogens with one attached hydrogen (secondary N) is 2. The van der Waals surface area contributed by atoms with Crippen LogP contribution in [0.25, 0.3) is 44.2 Å². The van der Waals surface area contributed by atoms with Crippen LogP contribution >= 0.6 is 11.8 Å². The Morgan fingerprint density at radius 3 is 2.30 bits per heavy atom. The third-order valence-corrected chi connectivity index (χ3v) is 9.02. The number of anilines is 2. The zero-order valence-corrected chi connectivity index (χ0v) is 22.6. The van der Waals surface area contributed by atoms with Crippen molar-refractivity contribution in [3.05, 3.63) is 79.3 Å². The Balaban J connectivity index is 1.21. The summed E-state index contributed by atoms with van der Waals surface area (Å²) in [4.78, 5) is 11.9. The molecular weight excluding hydrogens is 518 g/mol. The van der Waals surface area contributed by atoms with Gasteiger partial charge in [0.05, 0.1) is 42.5 Å². The van der Waals surface area contributed by atoms with Gasteiger partial charge in [-0.3, -0.25) is 15.1 Å². The van der Waals surface area contributed by atoms with Gasteiger partial charge in [0.25, 0.3) is 0 Å². The van der Waals surface area contributed by atoms with Gasteiger partial charge in [0.15, 0.2) is 5.65 Å². The van der Waals surface area contributed by atoms with Gasteiger partial charge in [0.2, 0.25) is 0 Å². The zero-order chi connectivity index (χ0) is 26.5. The third-order valence-electron chi connectivity index (χ3n) is 7.93. The van der Waals surface area contributed by atoms with Gasteiger partial charge in [-0.15, -0.1) is 0 Å². The van der Waals surface area contributed by atoms with E-state index in [0.717, 1.165) is 72.5 Å². The molecule has 0 bridgehead atoms. The predicted molar refractivity (Wildman–Crippen MR) is 159 cm³/mol. The number of benzene rings is 3. The molecule has 0 spiro atoms. The van der Waals surface area contributed by atoms with Crippen molar-refractivity contribution in [1.82, 2.24) is 30.3 Å². The molecule has 198 valence electrons. The summed E-state index contributed by atoms with van der Waals surface area (Å²) in [5.41, 5.74) is 9.03. The Morgan fingerprint density at radius 1 is 0.775 bits per heavy atom. The quantitative estimate of drug-likeness (QED) is 0.271. The summed E-state index contributed by atoms with van der Waals surface area (Å²) in [5.74, 6) is 0. The molecule has 40 heavy (non-hydrogen) atoms. The van der Waals surface area contributed by atoms with Crippen LogP contribution in [-0.2, 0) is 4.74 Å². The van der Waals surface area contributed by atoms with Crippen LogP contribution < -0.4 is 4.90 Å². The van der Waals surface area contributed by atoms with Gasteiger partial charge in [-0.2, -0.15) is 10.2 Å². The summed E-state index contributed by atoms with van der Waals surface area (Å²) in [6.07, 6.45) is 5.62. The van der Waals surface area contributed by atoms with Crippen molar-refractivity contribution < 1.29 is 4.74 Å². The number of fused-ring (bicyclic) bond motifs is 4. The highest BCUT2D eigenvalue weighted by atomic mass is 32.2. The second kappa shape index (κ2) is 9.78. The molecule has 2 aliphatic heterocycles. The molecular formula is C31H27N7OS. The fourth-order valence-corrected chi connectivity index (χ4v) is 7.03. The van der Waals surface area contributed by atoms with E-state index in [9.17, 15) is 0 Å². The predicted octanol–water partition coefficient (Wildman–Crippen LogP) is 6.10. The number of rotatable bonds is 5. The Morgan fingerprint density at radius 2 is 1.50 bits per heavy atom. The highest BCUT2D eigenvalue weighted by Gasteiger charge is 2.26.